The fraction of sp³-hybridized carbons (Fsp3) is 0.462. The highest BCUT2D eigenvalue weighted by Crippen LogP contribution is 2.24. The lowest BCUT2D eigenvalue weighted by atomic mass is 10.2. The van der Waals surface area contributed by atoms with Crippen molar-refractivity contribution in [3.8, 4) is 0 Å². The molecule has 0 bridgehead atoms. The van der Waals surface area contributed by atoms with Gasteiger partial charge in [0.05, 0.1) is 16.7 Å². The molecule has 1 aliphatic heterocycles. The average Bonchev–Trinajstić information content (AvgIpc) is 2.87. The molecule has 0 radical (unpaired) electrons. The molecule has 1 aromatic carbocycles. The van der Waals surface area contributed by atoms with Crippen LogP contribution in [0.2, 0.25) is 0 Å². The van der Waals surface area contributed by atoms with Crippen molar-refractivity contribution in [3.05, 3.63) is 24.3 Å². The van der Waals surface area contributed by atoms with Gasteiger partial charge in [-0.1, -0.05) is 12.1 Å². The Bertz CT molecular complexity index is 600. The maximum atomic E-state index is 12.1. The van der Waals surface area contributed by atoms with Crippen molar-refractivity contribution in [2.24, 2.45) is 5.73 Å². The average molecular weight is 298 g/mol. The Labute approximate surface area is 118 Å². The first-order valence-corrected chi connectivity index (χ1v) is 8.26. The van der Waals surface area contributed by atoms with E-state index in [0.717, 1.165) is 12.7 Å². The van der Waals surface area contributed by atoms with Gasteiger partial charge in [0.15, 0.2) is 9.84 Å². The highest BCUT2D eigenvalue weighted by molar-refractivity contribution is 7.90. The Kier molecular flexibility index (Phi) is 4.42. The minimum atomic E-state index is -3.39. The molecule has 7 heteroatoms. The van der Waals surface area contributed by atoms with E-state index in [9.17, 15) is 13.2 Å². The summed E-state index contributed by atoms with van der Waals surface area (Å²) in [4.78, 5) is 12.2. The quantitative estimate of drug-likeness (QED) is 0.845. The van der Waals surface area contributed by atoms with Gasteiger partial charge in [-0.3, -0.25) is 4.79 Å². The number of para-hydroxylation sites is 1. The van der Waals surface area contributed by atoms with Crippen molar-refractivity contribution in [1.29, 1.82) is 0 Å². The lowest BCUT2D eigenvalue weighted by molar-refractivity contribution is -0.126. The smallest absolute Gasteiger partial charge is 0.253 e. The van der Waals surface area contributed by atoms with E-state index in [1.165, 1.54) is 6.07 Å². The van der Waals surface area contributed by atoms with Crippen molar-refractivity contribution in [1.82, 2.24) is 0 Å². The molecule has 2 rings (SSSR count). The summed E-state index contributed by atoms with van der Waals surface area (Å²) >= 11 is 0. The minimum Gasteiger partial charge on any atom is -0.364 e. The summed E-state index contributed by atoms with van der Waals surface area (Å²) in [6.07, 6.45) is 1.76. The van der Waals surface area contributed by atoms with Crippen LogP contribution in [0.25, 0.3) is 0 Å². The minimum absolute atomic E-state index is 0.0988. The third kappa shape index (κ3) is 3.36. The van der Waals surface area contributed by atoms with E-state index in [4.69, 9.17) is 10.5 Å². The van der Waals surface area contributed by atoms with Crippen molar-refractivity contribution in [2.45, 2.75) is 29.9 Å². The number of sulfone groups is 1. The van der Waals surface area contributed by atoms with Gasteiger partial charge >= 0.3 is 0 Å². The molecule has 1 aliphatic rings. The molecule has 6 nitrogen and oxygen atoms in total. The normalized spacial score (nSPS) is 22.7. The molecule has 0 saturated carbocycles. The van der Waals surface area contributed by atoms with Crippen molar-refractivity contribution in [3.63, 3.8) is 0 Å². The summed E-state index contributed by atoms with van der Waals surface area (Å²) in [6.45, 7) is 0.379. The number of hydrogen-bond donors (Lipinski definition) is 2. The fourth-order valence-electron chi connectivity index (χ4n) is 2.18. The summed E-state index contributed by atoms with van der Waals surface area (Å²) in [5.41, 5.74) is 5.77. The summed E-state index contributed by atoms with van der Waals surface area (Å²) in [5.74, 6) is -0.336. The lowest BCUT2D eigenvalue weighted by Crippen LogP contribution is -2.30. The maximum absolute atomic E-state index is 12.1. The molecule has 1 aromatic rings. The van der Waals surface area contributed by atoms with Gasteiger partial charge in [0.2, 0.25) is 0 Å². The topological polar surface area (TPSA) is 98.5 Å². The molecular weight excluding hydrogens is 280 g/mol. The first-order chi connectivity index (χ1) is 9.41. The van der Waals surface area contributed by atoms with Crippen molar-refractivity contribution >= 4 is 21.4 Å². The van der Waals surface area contributed by atoms with Crippen molar-refractivity contribution < 1.29 is 17.9 Å². The second-order valence-corrected chi connectivity index (χ2v) is 6.80. The van der Waals surface area contributed by atoms with Gasteiger partial charge in [-0.15, -0.1) is 0 Å². The van der Waals surface area contributed by atoms with Crippen LogP contribution in [0.4, 0.5) is 5.69 Å². The Morgan fingerprint density at radius 3 is 2.70 bits per heavy atom. The Balaban J connectivity index is 2.13. The summed E-state index contributed by atoms with van der Waals surface area (Å²) < 4.78 is 28.8. The number of hydrogen-bond acceptors (Lipinski definition) is 5. The number of nitrogens with one attached hydrogen (secondary N) is 1. The third-order valence-electron chi connectivity index (χ3n) is 3.21. The van der Waals surface area contributed by atoms with Crippen molar-refractivity contribution in [2.75, 3.05) is 18.1 Å². The van der Waals surface area contributed by atoms with E-state index in [1.54, 1.807) is 18.2 Å². The standard InChI is InChI=1S/C13H18N2O4S/c1-20(17,18)12-5-3-2-4-10(12)15-13(16)11-7-6-9(8-14)19-11/h2-5,9,11H,6-8,14H2,1H3,(H,15,16). The monoisotopic (exact) mass is 298 g/mol. The van der Waals surface area contributed by atoms with Gasteiger partial charge in [-0.2, -0.15) is 0 Å². The zero-order chi connectivity index (χ0) is 14.8. The van der Waals surface area contributed by atoms with E-state index in [-0.39, 0.29) is 22.6 Å². The molecule has 20 heavy (non-hydrogen) atoms. The van der Waals surface area contributed by atoms with Crippen LogP contribution in [0.5, 0.6) is 0 Å². The molecule has 2 unspecified atom stereocenters. The Hall–Kier alpha value is -1.44. The molecule has 1 saturated heterocycles. The predicted molar refractivity (Wildman–Crippen MR) is 75.1 cm³/mol. The van der Waals surface area contributed by atoms with E-state index >= 15 is 0 Å². The van der Waals surface area contributed by atoms with Crippen LogP contribution in [-0.2, 0) is 19.4 Å². The zero-order valence-corrected chi connectivity index (χ0v) is 12.0. The number of nitrogens with two attached hydrogens (primary N) is 1. The molecule has 2 atom stereocenters. The molecule has 1 heterocycles. The first-order valence-electron chi connectivity index (χ1n) is 6.37. The van der Waals surface area contributed by atoms with E-state index in [2.05, 4.69) is 5.32 Å². The predicted octanol–water partition coefficient (Wildman–Crippen LogP) is 0.535. The number of benzene rings is 1. The summed E-state index contributed by atoms with van der Waals surface area (Å²) in [7, 11) is -3.39. The van der Waals surface area contributed by atoms with E-state index < -0.39 is 15.9 Å². The van der Waals surface area contributed by atoms with Gasteiger partial charge in [-0.05, 0) is 25.0 Å². The number of anilines is 1. The number of amides is 1. The number of carbonyl (C=O) groups is 1. The number of rotatable bonds is 4. The largest absolute Gasteiger partial charge is 0.364 e. The van der Waals surface area contributed by atoms with Gasteiger partial charge in [0.1, 0.15) is 6.10 Å². The molecule has 1 fully saturated rings. The van der Waals surface area contributed by atoms with E-state index in [0.29, 0.717) is 13.0 Å². The second-order valence-electron chi connectivity index (χ2n) is 4.82. The second kappa shape index (κ2) is 5.90. The lowest BCUT2D eigenvalue weighted by Gasteiger charge is -2.14. The van der Waals surface area contributed by atoms with Crippen LogP contribution in [0.3, 0.4) is 0 Å². The zero-order valence-electron chi connectivity index (χ0n) is 11.2. The third-order valence-corrected chi connectivity index (χ3v) is 4.36. The number of ether oxygens (including phenoxy) is 1. The van der Waals surface area contributed by atoms with Gasteiger partial charge < -0.3 is 15.8 Å². The fourth-order valence-corrected chi connectivity index (χ4v) is 3.02. The van der Waals surface area contributed by atoms with Crippen LogP contribution >= 0.6 is 0 Å². The maximum Gasteiger partial charge on any atom is 0.253 e. The molecule has 1 amide bonds. The molecular formula is C13H18N2O4S. The SMILES string of the molecule is CS(=O)(=O)c1ccccc1NC(=O)C1CCC(CN)O1. The number of carbonyl (C=O) groups excluding carboxylic acids is 1. The molecule has 110 valence electrons. The molecule has 3 N–H and O–H groups in total. The molecule has 0 spiro atoms. The van der Waals surface area contributed by atoms with Crippen LogP contribution in [0.15, 0.2) is 29.2 Å². The van der Waals surface area contributed by atoms with Gasteiger partial charge in [0, 0.05) is 12.8 Å². The van der Waals surface area contributed by atoms with Crippen LogP contribution in [-0.4, -0.2) is 39.3 Å². The molecule has 0 aliphatic carbocycles. The molecule has 0 aromatic heterocycles. The van der Waals surface area contributed by atoms with Crippen LogP contribution in [0, 0.1) is 0 Å². The Morgan fingerprint density at radius 1 is 1.40 bits per heavy atom. The summed E-state index contributed by atoms with van der Waals surface area (Å²) in [6, 6.07) is 6.30. The van der Waals surface area contributed by atoms with Gasteiger partial charge in [-0.25, -0.2) is 8.42 Å². The van der Waals surface area contributed by atoms with E-state index in [1.807, 2.05) is 0 Å². The van der Waals surface area contributed by atoms with Gasteiger partial charge in [0.25, 0.3) is 5.91 Å². The highest BCUT2D eigenvalue weighted by Gasteiger charge is 2.30. The van der Waals surface area contributed by atoms with Crippen LogP contribution in [0.1, 0.15) is 12.8 Å². The first kappa shape index (κ1) is 15.0. The highest BCUT2D eigenvalue weighted by atomic mass is 32.2. The Morgan fingerprint density at radius 2 is 2.10 bits per heavy atom. The summed E-state index contributed by atoms with van der Waals surface area (Å²) in [5, 5.41) is 2.62. The van der Waals surface area contributed by atoms with Crippen LogP contribution < -0.4 is 11.1 Å².